The summed E-state index contributed by atoms with van der Waals surface area (Å²) >= 11 is 0. The Morgan fingerprint density at radius 3 is 2.54 bits per heavy atom. The first kappa shape index (κ1) is 26.0. The Morgan fingerprint density at radius 1 is 1.17 bits per heavy atom. The predicted octanol–water partition coefficient (Wildman–Crippen LogP) is 3.77. The number of furan rings is 1. The summed E-state index contributed by atoms with van der Waals surface area (Å²) in [5.41, 5.74) is 1.81. The van der Waals surface area contributed by atoms with E-state index in [9.17, 15) is 9.59 Å². The second-order valence-electron chi connectivity index (χ2n) is 8.79. The van der Waals surface area contributed by atoms with E-state index in [0.29, 0.717) is 30.8 Å². The van der Waals surface area contributed by atoms with Gasteiger partial charge in [0.15, 0.2) is 5.65 Å². The first-order valence-corrected chi connectivity index (χ1v) is 11.7. The summed E-state index contributed by atoms with van der Waals surface area (Å²) in [5, 5.41) is 19.3. The van der Waals surface area contributed by atoms with Crippen molar-refractivity contribution < 1.29 is 24.2 Å². The Balaban J connectivity index is 0.000000371. The number of carbonyl (C=O) groups is 2. The molecule has 0 saturated carbocycles. The van der Waals surface area contributed by atoms with E-state index in [4.69, 9.17) is 19.6 Å². The molecule has 0 aliphatic carbocycles. The summed E-state index contributed by atoms with van der Waals surface area (Å²) in [5.74, 6) is 0.224. The lowest BCUT2D eigenvalue weighted by molar-refractivity contribution is -0.134. The number of hydrogen-bond acceptors (Lipinski definition) is 7. The van der Waals surface area contributed by atoms with E-state index >= 15 is 0 Å². The number of hydrogen-bond donors (Lipinski definition) is 3. The number of nitrogens with one attached hydrogen (secondary N) is 1. The van der Waals surface area contributed by atoms with Crippen LogP contribution in [0.5, 0.6) is 0 Å². The molecule has 3 aromatic heterocycles. The smallest absolute Gasteiger partial charge is 0.328 e. The van der Waals surface area contributed by atoms with E-state index in [1.807, 2.05) is 37.4 Å². The fraction of sp³-hybridized carbons (Fsp3) is 0.440. The number of imidazole rings is 1. The average Bonchev–Trinajstić information content (AvgIpc) is 3.27. The second-order valence-corrected chi connectivity index (χ2v) is 8.79. The lowest BCUT2D eigenvalue weighted by Gasteiger charge is -2.24. The average molecular weight is 484 g/mol. The van der Waals surface area contributed by atoms with Crippen molar-refractivity contribution in [3.8, 4) is 0 Å². The summed E-state index contributed by atoms with van der Waals surface area (Å²) in [6, 6.07) is 9.03. The van der Waals surface area contributed by atoms with Gasteiger partial charge in [-0.1, -0.05) is 0 Å². The molecule has 0 spiro atoms. The third-order valence-electron chi connectivity index (χ3n) is 5.81. The molecule has 10 heteroatoms. The number of rotatable bonds is 7. The molecule has 1 unspecified atom stereocenters. The minimum Gasteiger partial charge on any atom is -0.478 e. The Labute approximate surface area is 204 Å². The monoisotopic (exact) mass is 483 g/mol. The number of aliphatic carboxylic acids is 2. The number of carboxylic acid groups (broad SMARTS) is 2. The molecule has 0 amide bonds. The summed E-state index contributed by atoms with van der Waals surface area (Å²) in [7, 11) is 0. The highest BCUT2D eigenvalue weighted by Crippen LogP contribution is 2.23. The SMILES string of the molecule is Cc1ccc(Cn2c(NC3CCCN(C(C)C)CC3)nc3cccnc32)o1.O=C(O)/C=C/C(=O)O. The minimum atomic E-state index is -1.26. The number of pyridine rings is 1. The van der Waals surface area contributed by atoms with Crippen molar-refractivity contribution in [1.29, 1.82) is 0 Å². The second kappa shape index (κ2) is 12.2. The fourth-order valence-corrected chi connectivity index (χ4v) is 4.05. The molecule has 10 nitrogen and oxygen atoms in total. The standard InChI is InChI=1S/C21H29N5O.C4H4O4/c1-15(2)25-12-5-6-17(10-13-25)23-21-24-19-7-4-11-22-20(19)26(21)14-18-9-8-16(3)27-18;5-3(6)1-2-4(7)8/h4,7-9,11,15,17H,5-6,10,12-14H2,1-3H3,(H,23,24);1-2H,(H,5,6)(H,7,8)/b;2-1+. The van der Waals surface area contributed by atoms with Crippen LogP contribution >= 0.6 is 0 Å². The van der Waals surface area contributed by atoms with Crippen LogP contribution in [0, 0.1) is 6.92 Å². The van der Waals surface area contributed by atoms with Crippen LogP contribution in [0.3, 0.4) is 0 Å². The zero-order valence-electron chi connectivity index (χ0n) is 20.3. The van der Waals surface area contributed by atoms with Gasteiger partial charge in [0.1, 0.15) is 17.0 Å². The Bertz CT molecular complexity index is 1150. The van der Waals surface area contributed by atoms with Crippen LogP contribution in [-0.2, 0) is 16.1 Å². The van der Waals surface area contributed by atoms with Gasteiger partial charge >= 0.3 is 11.9 Å². The van der Waals surface area contributed by atoms with Gasteiger partial charge in [-0.15, -0.1) is 0 Å². The highest BCUT2D eigenvalue weighted by Gasteiger charge is 2.21. The minimum absolute atomic E-state index is 0.433. The van der Waals surface area contributed by atoms with Gasteiger partial charge in [0.2, 0.25) is 5.95 Å². The number of fused-ring (bicyclic) bond motifs is 1. The van der Waals surface area contributed by atoms with Crippen LogP contribution < -0.4 is 5.32 Å². The topological polar surface area (TPSA) is 134 Å². The molecule has 1 aliphatic heterocycles. The van der Waals surface area contributed by atoms with Crippen molar-refractivity contribution in [1.82, 2.24) is 19.4 Å². The normalized spacial score (nSPS) is 16.7. The van der Waals surface area contributed by atoms with Gasteiger partial charge in [-0.05, 0) is 70.8 Å². The molecule has 1 atom stereocenters. The maximum atomic E-state index is 9.55. The molecule has 1 aliphatic rings. The van der Waals surface area contributed by atoms with Crippen LogP contribution in [-0.4, -0.2) is 66.8 Å². The first-order chi connectivity index (χ1) is 16.7. The molecule has 0 radical (unpaired) electrons. The quantitative estimate of drug-likeness (QED) is 0.429. The molecule has 4 rings (SSSR count). The molecule has 0 bridgehead atoms. The van der Waals surface area contributed by atoms with Crippen molar-refractivity contribution in [3.05, 3.63) is 54.1 Å². The number of nitrogens with zero attached hydrogens (tertiary/aromatic N) is 4. The summed E-state index contributed by atoms with van der Waals surface area (Å²) in [6.07, 6.45) is 6.45. The maximum absolute atomic E-state index is 9.55. The molecular formula is C25H33N5O5. The van der Waals surface area contributed by atoms with Crippen LogP contribution in [0.15, 0.2) is 47.0 Å². The van der Waals surface area contributed by atoms with Crippen LogP contribution in [0.2, 0.25) is 0 Å². The van der Waals surface area contributed by atoms with Crippen molar-refractivity contribution >= 4 is 29.1 Å². The van der Waals surface area contributed by atoms with Gasteiger partial charge < -0.3 is 24.8 Å². The molecule has 1 saturated heterocycles. The number of likely N-dealkylation sites (tertiary alicyclic amines) is 1. The summed E-state index contributed by atoms with van der Waals surface area (Å²) in [4.78, 5) is 31.1. The van der Waals surface area contributed by atoms with Crippen molar-refractivity contribution in [2.24, 2.45) is 0 Å². The van der Waals surface area contributed by atoms with Crippen LogP contribution in [0.1, 0.15) is 44.6 Å². The van der Waals surface area contributed by atoms with Gasteiger partial charge in [-0.2, -0.15) is 0 Å². The number of aryl methyl sites for hydroxylation is 1. The molecule has 35 heavy (non-hydrogen) atoms. The van der Waals surface area contributed by atoms with E-state index in [1.54, 1.807) is 0 Å². The molecular weight excluding hydrogens is 450 g/mol. The number of anilines is 1. The Kier molecular flexibility index (Phi) is 9.02. The van der Waals surface area contributed by atoms with Gasteiger partial charge in [0, 0.05) is 37.0 Å². The van der Waals surface area contributed by atoms with Gasteiger partial charge in [0.05, 0.1) is 6.54 Å². The highest BCUT2D eigenvalue weighted by atomic mass is 16.4. The lowest BCUT2D eigenvalue weighted by atomic mass is 10.1. The number of aromatic nitrogens is 3. The van der Waals surface area contributed by atoms with E-state index in [0.717, 1.165) is 41.6 Å². The van der Waals surface area contributed by atoms with E-state index in [2.05, 4.69) is 33.6 Å². The molecule has 3 aromatic rings. The Hall–Kier alpha value is -3.66. The van der Waals surface area contributed by atoms with Crippen molar-refractivity contribution in [2.45, 2.75) is 58.7 Å². The zero-order valence-corrected chi connectivity index (χ0v) is 20.3. The Morgan fingerprint density at radius 2 is 1.91 bits per heavy atom. The largest absolute Gasteiger partial charge is 0.478 e. The molecule has 3 N–H and O–H groups in total. The molecule has 188 valence electrons. The van der Waals surface area contributed by atoms with E-state index in [1.165, 1.54) is 19.4 Å². The first-order valence-electron chi connectivity index (χ1n) is 11.7. The van der Waals surface area contributed by atoms with Gasteiger partial charge in [-0.3, -0.25) is 4.57 Å². The third kappa shape index (κ3) is 7.68. The van der Waals surface area contributed by atoms with Crippen molar-refractivity contribution in [3.63, 3.8) is 0 Å². The van der Waals surface area contributed by atoms with Crippen molar-refractivity contribution in [2.75, 3.05) is 18.4 Å². The van der Waals surface area contributed by atoms with E-state index in [-0.39, 0.29) is 0 Å². The highest BCUT2D eigenvalue weighted by molar-refractivity contribution is 5.89. The zero-order chi connectivity index (χ0) is 25.4. The van der Waals surface area contributed by atoms with Crippen LogP contribution in [0.4, 0.5) is 5.95 Å². The molecule has 4 heterocycles. The van der Waals surface area contributed by atoms with Crippen LogP contribution in [0.25, 0.3) is 11.2 Å². The summed E-state index contributed by atoms with van der Waals surface area (Å²) in [6.45, 7) is 9.48. The fourth-order valence-electron chi connectivity index (χ4n) is 4.05. The van der Waals surface area contributed by atoms with Gasteiger partial charge in [-0.25, -0.2) is 19.6 Å². The predicted molar refractivity (Wildman–Crippen MR) is 132 cm³/mol. The summed E-state index contributed by atoms with van der Waals surface area (Å²) < 4.78 is 7.94. The lowest BCUT2D eigenvalue weighted by Crippen LogP contribution is -2.32. The van der Waals surface area contributed by atoms with E-state index < -0.39 is 11.9 Å². The molecule has 1 fully saturated rings. The third-order valence-corrected chi connectivity index (χ3v) is 5.81. The number of carboxylic acids is 2. The van der Waals surface area contributed by atoms with Gasteiger partial charge in [0.25, 0.3) is 0 Å². The molecule has 0 aromatic carbocycles. The maximum Gasteiger partial charge on any atom is 0.328 e.